The molecule has 0 saturated heterocycles. The van der Waals surface area contributed by atoms with Crippen molar-refractivity contribution in [2.24, 2.45) is 17.2 Å². The topological polar surface area (TPSA) is 156 Å². The van der Waals surface area contributed by atoms with Gasteiger partial charge in [0.2, 0.25) is 0 Å². The zero-order valence-electron chi connectivity index (χ0n) is 11.2. The van der Waals surface area contributed by atoms with Gasteiger partial charge in [0, 0.05) is 0 Å². The van der Waals surface area contributed by atoms with Gasteiger partial charge in [-0.1, -0.05) is 20.8 Å². The minimum Gasteiger partial charge on any atom is -0.330 e. The zero-order valence-corrected chi connectivity index (χ0v) is 12.1. The van der Waals surface area contributed by atoms with Crippen molar-refractivity contribution in [1.82, 2.24) is 0 Å². The summed E-state index contributed by atoms with van der Waals surface area (Å²) in [5.74, 6) is 0. The predicted molar refractivity (Wildman–Crippen MR) is 72.3 cm³/mol. The average molecular weight is 275 g/mol. The molecule has 0 heterocycles. The summed E-state index contributed by atoms with van der Waals surface area (Å²) in [6, 6.07) is 0. The van der Waals surface area contributed by atoms with E-state index in [1.165, 1.54) is 0 Å². The van der Waals surface area contributed by atoms with Gasteiger partial charge in [-0.05, 0) is 38.9 Å². The van der Waals surface area contributed by atoms with Crippen molar-refractivity contribution in [3.05, 3.63) is 0 Å². The minimum absolute atomic E-state index is 0.819. The van der Waals surface area contributed by atoms with Crippen molar-refractivity contribution in [2.45, 2.75) is 40.0 Å². The van der Waals surface area contributed by atoms with E-state index < -0.39 is 7.82 Å². The second-order valence-electron chi connectivity index (χ2n) is 2.88. The van der Waals surface area contributed by atoms with Gasteiger partial charge in [0.25, 0.3) is 0 Å². The molecule has 0 bridgehead atoms. The molecule has 0 rings (SSSR count). The van der Waals surface area contributed by atoms with Crippen LogP contribution in [0.15, 0.2) is 0 Å². The van der Waals surface area contributed by atoms with Crippen LogP contribution in [0.5, 0.6) is 0 Å². The van der Waals surface area contributed by atoms with Crippen LogP contribution in [-0.4, -0.2) is 34.3 Å². The standard InChI is InChI=1S/3C3H9N.H3O4P/c3*1-2-3-4;1-5(2,3)4/h3*2-4H2,1H3;(H3,1,2,3,4). The highest BCUT2D eigenvalue weighted by atomic mass is 31.2. The van der Waals surface area contributed by atoms with Gasteiger partial charge in [0.15, 0.2) is 0 Å². The molecule has 0 atom stereocenters. The summed E-state index contributed by atoms with van der Waals surface area (Å²) in [6.07, 6.45) is 3.29. The van der Waals surface area contributed by atoms with E-state index in [2.05, 4.69) is 20.8 Å². The molecule has 0 aliphatic heterocycles. The maximum atomic E-state index is 8.88. The molecule has 9 N–H and O–H groups in total. The fraction of sp³-hybridized carbons (Fsp3) is 1.00. The van der Waals surface area contributed by atoms with E-state index in [-0.39, 0.29) is 0 Å². The van der Waals surface area contributed by atoms with Crippen LogP contribution in [0.1, 0.15) is 40.0 Å². The van der Waals surface area contributed by atoms with Crippen LogP contribution in [0.4, 0.5) is 0 Å². The summed E-state index contributed by atoms with van der Waals surface area (Å²) in [4.78, 5) is 21.6. The molecule has 0 aromatic rings. The van der Waals surface area contributed by atoms with Gasteiger partial charge in [-0.25, -0.2) is 4.57 Å². The van der Waals surface area contributed by atoms with Gasteiger partial charge in [-0.2, -0.15) is 0 Å². The Balaban J connectivity index is -0.0000000667. The Morgan fingerprint density at radius 1 is 0.765 bits per heavy atom. The van der Waals surface area contributed by atoms with Crippen molar-refractivity contribution in [3.8, 4) is 0 Å². The molecular weight excluding hydrogens is 245 g/mol. The van der Waals surface area contributed by atoms with Crippen LogP contribution in [-0.2, 0) is 4.57 Å². The summed E-state index contributed by atoms with van der Waals surface area (Å²) in [7, 11) is -4.64. The van der Waals surface area contributed by atoms with Crippen LogP contribution in [0.25, 0.3) is 0 Å². The Bertz CT molecular complexity index is 120. The molecule has 8 heteroatoms. The van der Waals surface area contributed by atoms with Crippen molar-refractivity contribution >= 4 is 7.82 Å². The summed E-state index contributed by atoms with van der Waals surface area (Å²) in [5.41, 5.74) is 15.1. The molecular formula is C9H30N3O4P. The van der Waals surface area contributed by atoms with E-state index >= 15 is 0 Å². The number of rotatable bonds is 3. The highest BCUT2D eigenvalue weighted by molar-refractivity contribution is 7.45. The van der Waals surface area contributed by atoms with E-state index in [9.17, 15) is 0 Å². The monoisotopic (exact) mass is 275 g/mol. The zero-order chi connectivity index (χ0) is 14.7. The maximum absolute atomic E-state index is 8.88. The molecule has 0 aliphatic rings. The predicted octanol–water partition coefficient (Wildman–Crippen LogP) is 0.137. The molecule has 0 fully saturated rings. The van der Waals surface area contributed by atoms with Crippen molar-refractivity contribution < 1.29 is 19.2 Å². The smallest absolute Gasteiger partial charge is 0.330 e. The number of phosphoric acid groups is 1. The normalized spacial score (nSPS) is 8.76. The highest BCUT2D eigenvalue weighted by Gasteiger charge is 2.00. The third-order valence-corrected chi connectivity index (χ3v) is 0.866. The molecule has 0 spiro atoms. The third kappa shape index (κ3) is 350. The van der Waals surface area contributed by atoms with Gasteiger partial charge in [-0.3, -0.25) is 0 Å². The van der Waals surface area contributed by atoms with Crippen molar-refractivity contribution in [1.29, 1.82) is 0 Å². The fourth-order valence-corrected chi connectivity index (χ4v) is 0. The lowest BCUT2D eigenvalue weighted by molar-refractivity contribution is 0.275. The van der Waals surface area contributed by atoms with Crippen LogP contribution < -0.4 is 17.2 Å². The molecule has 17 heavy (non-hydrogen) atoms. The average Bonchev–Trinajstić information content (AvgIpc) is 2.27. The van der Waals surface area contributed by atoms with Crippen LogP contribution in [0.2, 0.25) is 0 Å². The molecule has 0 radical (unpaired) electrons. The first-order valence-corrected chi connectivity index (χ1v) is 7.19. The van der Waals surface area contributed by atoms with Gasteiger partial charge >= 0.3 is 7.82 Å². The van der Waals surface area contributed by atoms with E-state index in [0.29, 0.717) is 0 Å². The molecule has 7 nitrogen and oxygen atoms in total. The first kappa shape index (κ1) is 25.7. The second kappa shape index (κ2) is 25.0. The molecule has 0 aromatic carbocycles. The molecule has 0 amide bonds. The lowest BCUT2D eigenvalue weighted by Gasteiger charge is -1.82. The van der Waals surface area contributed by atoms with E-state index in [1.54, 1.807) is 0 Å². The lowest BCUT2D eigenvalue weighted by Crippen LogP contribution is -1.93. The van der Waals surface area contributed by atoms with Gasteiger partial charge in [0.1, 0.15) is 0 Å². The lowest BCUT2D eigenvalue weighted by atomic mass is 10.5. The maximum Gasteiger partial charge on any atom is 0.466 e. The SMILES string of the molecule is CCCN.CCCN.CCCN.O=P(O)(O)O. The van der Waals surface area contributed by atoms with Gasteiger partial charge < -0.3 is 31.9 Å². The second-order valence-corrected chi connectivity index (χ2v) is 3.91. The van der Waals surface area contributed by atoms with Gasteiger partial charge in [-0.15, -0.1) is 0 Å². The first-order chi connectivity index (χ1) is 7.74. The highest BCUT2D eigenvalue weighted by Crippen LogP contribution is 2.25. The Morgan fingerprint density at radius 3 is 0.824 bits per heavy atom. The van der Waals surface area contributed by atoms with Crippen LogP contribution >= 0.6 is 7.82 Å². The van der Waals surface area contributed by atoms with E-state index in [4.69, 9.17) is 36.4 Å². The van der Waals surface area contributed by atoms with Crippen molar-refractivity contribution in [2.75, 3.05) is 19.6 Å². The molecule has 110 valence electrons. The van der Waals surface area contributed by atoms with Gasteiger partial charge in [0.05, 0.1) is 0 Å². The summed E-state index contributed by atoms with van der Waals surface area (Å²) in [6.45, 7) is 8.62. The van der Waals surface area contributed by atoms with E-state index in [0.717, 1.165) is 38.9 Å². The minimum atomic E-state index is -4.64. The summed E-state index contributed by atoms with van der Waals surface area (Å²) in [5, 5.41) is 0. The van der Waals surface area contributed by atoms with Crippen LogP contribution in [0, 0.1) is 0 Å². The van der Waals surface area contributed by atoms with E-state index in [1.807, 2.05) is 0 Å². The Hall–Kier alpha value is -0.0100. The Labute approximate surface area is 105 Å². The Kier molecular flexibility index (Phi) is 37.8. The summed E-state index contributed by atoms with van der Waals surface area (Å²) >= 11 is 0. The first-order valence-electron chi connectivity index (χ1n) is 5.63. The molecule has 0 aromatic heterocycles. The number of nitrogens with two attached hydrogens (primary N) is 3. The van der Waals surface area contributed by atoms with Crippen LogP contribution in [0.3, 0.4) is 0 Å². The third-order valence-electron chi connectivity index (χ3n) is 0.866. The molecule has 0 saturated carbocycles. The number of hydrogen-bond donors (Lipinski definition) is 6. The largest absolute Gasteiger partial charge is 0.466 e. The molecule has 0 aliphatic carbocycles. The quantitative estimate of drug-likeness (QED) is 0.400. The summed E-state index contributed by atoms with van der Waals surface area (Å²) < 4.78 is 8.88. The molecule has 0 unspecified atom stereocenters. The fourth-order valence-electron chi connectivity index (χ4n) is 0. The van der Waals surface area contributed by atoms with Crippen molar-refractivity contribution in [3.63, 3.8) is 0 Å². The Morgan fingerprint density at radius 2 is 0.824 bits per heavy atom. The number of hydrogen-bond acceptors (Lipinski definition) is 4.